The lowest BCUT2D eigenvalue weighted by Crippen LogP contribution is -2.18. The van der Waals surface area contributed by atoms with Crippen molar-refractivity contribution in [1.29, 1.82) is 0 Å². The van der Waals surface area contributed by atoms with Crippen LogP contribution in [-0.4, -0.2) is 9.38 Å². The molecule has 3 nitrogen and oxygen atoms in total. The SMILES string of the molecule is Cc1ccc(C(C)NCc2cn3ccsc3n2)cc1. The average molecular weight is 271 g/mol. The first kappa shape index (κ1) is 12.4. The van der Waals surface area contributed by atoms with Crippen molar-refractivity contribution in [3.63, 3.8) is 0 Å². The summed E-state index contributed by atoms with van der Waals surface area (Å²) in [6.07, 6.45) is 4.13. The van der Waals surface area contributed by atoms with E-state index in [2.05, 4.69) is 64.4 Å². The van der Waals surface area contributed by atoms with Crippen LogP contribution in [0.2, 0.25) is 0 Å². The molecular weight excluding hydrogens is 254 g/mol. The van der Waals surface area contributed by atoms with Crippen molar-refractivity contribution >= 4 is 16.3 Å². The van der Waals surface area contributed by atoms with E-state index >= 15 is 0 Å². The predicted octanol–water partition coefficient (Wildman–Crippen LogP) is 3.56. The maximum absolute atomic E-state index is 4.57. The molecule has 98 valence electrons. The zero-order valence-electron chi connectivity index (χ0n) is 11.1. The Labute approximate surface area is 116 Å². The smallest absolute Gasteiger partial charge is 0.193 e. The summed E-state index contributed by atoms with van der Waals surface area (Å²) in [5, 5.41) is 5.56. The first-order valence-electron chi connectivity index (χ1n) is 6.43. The largest absolute Gasteiger partial charge is 0.305 e. The van der Waals surface area contributed by atoms with Gasteiger partial charge in [-0.25, -0.2) is 4.98 Å². The molecule has 1 aromatic carbocycles. The number of aromatic nitrogens is 2. The van der Waals surface area contributed by atoms with E-state index in [-0.39, 0.29) is 0 Å². The van der Waals surface area contributed by atoms with Crippen molar-refractivity contribution in [2.24, 2.45) is 0 Å². The zero-order chi connectivity index (χ0) is 13.2. The number of hydrogen-bond acceptors (Lipinski definition) is 3. The van der Waals surface area contributed by atoms with Gasteiger partial charge in [0.05, 0.1) is 5.69 Å². The first-order valence-corrected chi connectivity index (χ1v) is 7.31. The van der Waals surface area contributed by atoms with Crippen molar-refractivity contribution in [3.8, 4) is 0 Å². The van der Waals surface area contributed by atoms with Crippen LogP contribution in [0.3, 0.4) is 0 Å². The van der Waals surface area contributed by atoms with E-state index in [1.54, 1.807) is 11.3 Å². The highest BCUT2D eigenvalue weighted by Gasteiger charge is 2.07. The molecule has 19 heavy (non-hydrogen) atoms. The molecule has 0 amide bonds. The zero-order valence-corrected chi connectivity index (χ0v) is 11.9. The molecule has 0 radical (unpaired) electrons. The molecule has 0 saturated carbocycles. The highest BCUT2D eigenvalue weighted by atomic mass is 32.1. The molecule has 0 fully saturated rings. The number of nitrogens with zero attached hydrogens (tertiary/aromatic N) is 2. The van der Waals surface area contributed by atoms with Crippen LogP contribution >= 0.6 is 11.3 Å². The van der Waals surface area contributed by atoms with Crippen molar-refractivity contribution in [2.45, 2.75) is 26.4 Å². The summed E-state index contributed by atoms with van der Waals surface area (Å²) in [5.74, 6) is 0. The maximum Gasteiger partial charge on any atom is 0.193 e. The van der Waals surface area contributed by atoms with Gasteiger partial charge in [0.1, 0.15) is 0 Å². The topological polar surface area (TPSA) is 29.3 Å². The van der Waals surface area contributed by atoms with Gasteiger partial charge in [-0.3, -0.25) is 4.40 Å². The van der Waals surface area contributed by atoms with Crippen LogP contribution in [0, 0.1) is 6.92 Å². The van der Waals surface area contributed by atoms with E-state index in [0.29, 0.717) is 6.04 Å². The average Bonchev–Trinajstić information content (AvgIpc) is 2.97. The molecular formula is C15H17N3S. The van der Waals surface area contributed by atoms with Gasteiger partial charge in [-0.2, -0.15) is 0 Å². The molecule has 0 aliphatic rings. The molecule has 2 heterocycles. The second-order valence-corrected chi connectivity index (χ2v) is 5.71. The summed E-state index contributed by atoms with van der Waals surface area (Å²) >= 11 is 1.66. The summed E-state index contributed by atoms with van der Waals surface area (Å²) < 4.78 is 2.07. The minimum absolute atomic E-state index is 0.334. The second kappa shape index (κ2) is 5.15. The molecule has 0 spiro atoms. The third kappa shape index (κ3) is 2.69. The third-order valence-corrected chi connectivity index (χ3v) is 4.08. The van der Waals surface area contributed by atoms with Crippen molar-refractivity contribution in [1.82, 2.24) is 14.7 Å². The third-order valence-electron chi connectivity index (χ3n) is 3.31. The Morgan fingerprint density at radius 3 is 2.84 bits per heavy atom. The predicted molar refractivity (Wildman–Crippen MR) is 79.5 cm³/mol. The quantitative estimate of drug-likeness (QED) is 0.786. The molecule has 4 heteroatoms. The summed E-state index contributed by atoms with van der Waals surface area (Å²) in [6.45, 7) is 5.09. The highest BCUT2D eigenvalue weighted by molar-refractivity contribution is 7.15. The van der Waals surface area contributed by atoms with Gasteiger partial charge >= 0.3 is 0 Å². The van der Waals surface area contributed by atoms with E-state index in [1.165, 1.54) is 11.1 Å². The number of thiazole rings is 1. The summed E-state index contributed by atoms with van der Waals surface area (Å²) in [5.41, 5.74) is 3.70. The molecule has 2 aromatic heterocycles. The van der Waals surface area contributed by atoms with Gasteiger partial charge in [0, 0.05) is 30.4 Å². The minimum Gasteiger partial charge on any atom is -0.305 e. The Hall–Kier alpha value is -1.65. The van der Waals surface area contributed by atoms with Crippen molar-refractivity contribution < 1.29 is 0 Å². The second-order valence-electron chi connectivity index (χ2n) is 4.84. The van der Waals surface area contributed by atoms with E-state index in [1.807, 2.05) is 6.20 Å². The fraction of sp³-hybridized carbons (Fsp3) is 0.267. The molecule has 0 saturated heterocycles. The molecule has 1 N–H and O–H groups in total. The van der Waals surface area contributed by atoms with Gasteiger partial charge < -0.3 is 5.32 Å². The van der Waals surface area contributed by atoms with Gasteiger partial charge in [0.25, 0.3) is 0 Å². The first-order chi connectivity index (χ1) is 9.22. The van der Waals surface area contributed by atoms with Gasteiger partial charge in [-0.05, 0) is 19.4 Å². The van der Waals surface area contributed by atoms with Gasteiger partial charge in [0.15, 0.2) is 4.96 Å². The number of nitrogens with one attached hydrogen (secondary N) is 1. The van der Waals surface area contributed by atoms with Crippen LogP contribution in [0.15, 0.2) is 42.0 Å². The van der Waals surface area contributed by atoms with E-state index in [4.69, 9.17) is 0 Å². The standard InChI is InChI=1S/C15H17N3S/c1-11-3-5-13(6-4-11)12(2)16-9-14-10-18-7-8-19-15(18)17-14/h3-8,10,12,16H,9H2,1-2H3. The lowest BCUT2D eigenvalue weighted by molar-refractivity contribution is 0.569. The normalized spacial score (nSPS) is 12.9. The molecule has 3 rings (SSSR count). The van der Waals surface area contributed by atoms with Crippen LogP contribution in [-0.2, 0) is 6.54 Å². The molecule has 0 aliphatic carbocycles. The van der Waals surface area contributed by atoms with E-state index in [9.17, 15) is 0 Å². The Morgan fingerprint density at radius 2 is 2.11 bits per heavy atom. The lowest BCUT2D eigenvalue weighted by Gasteiger charge is -2.13. The minimum atomic E-state index is 0.334. The monoisotopic (exact) mass is 271 g/mol. The van der Waals surface area contributed by atoms with Crippen molar-refractivity contribution in [2.75, 3.05) is 0 Å². The number of rotatable bonds is 4. The number of aryl methyl sites for hydroxylation is 1. The van der Waals surface area contributed by atoms with Crippen LogP contribution in [0.4, 0.5) is 0 Å². The van der Waals surface area contributed by atoms with Crippen LogP contribution in [0.25, 0.3) is 4.96 Å². The van der Waals surface area contributed by atoms with Gasteiger partial charge in [0.2, 0.25) is 0 Å². The summed E-state index contributed by atoms with van der Waals surface area (Å²) in [6, 6.07) is 9.00. The van der Waals surface area contributed by atoms with Crippen LogP contribution in [0.1, 0.15) is 29.8 Å². The van der Waals surface area contributed by atoms with Crippen LogP contribution < -0.4 is 5.32 Å². The van der Waals surface area contributed by atoms with Gasteiger partial charge in [-0.15, -0.1) is 11.3 Å². The maximum atomic E-state index is 4.57. The molecule has 0 bridgehead atoms. The molecule has 1 atom stereocenters. The summed E-state index contributed by atoms with van der Waals surface area (Å²) in [4.78, 5) is 5.63. The molecule has 1 unspecified atom stereocenters. The highest BCUT2D eigenvalue weighted by Crippen LogP contribution is 2.15. The lowest BCUT2D eigenvalue weighted by atomic mass is 10.1. The Morgan fingerprint density at radius 1 is 1.32 bits per heavy atom. The number of fused-ring (bicyclic) bond motifs is 1. The van der Waals surface area contributed by atoms with Gasteiger partial charge in [-0.1, -0.05) is 29.8 Å². The molecule has 0 aliphatic heterocycles. The fourth-order valence-electron chi connectivity index (χ4n) is 2.09. The fourth-order valence-corrected chi connectivity index (χ4v) is 2.81. The number of imidazole rings is 1. The number of hydrogen-bond donors (Lipinski definition) is 1. The number of benzene rings is 1. The van der Waals surface area contributed by atoms with E-state index < -0.39 is 0 Å². The van der Waals surface area contributed by atoms with E-state index in [0.717, 1.165) is 17.2 Å². The van der Waals surface area contributed by atoms with Crippen molar-refractivity contribution in [3.05, 3.63) is 58.9 Å². The Balaban J connectivity index is 1.65. The Bertz CT molecular complexity index is 638. The van der Waals surface area contributed by atoms with Crippen LogP contribution in [0.5, 0.6) is 0 Å². The Kier molecular flexibility index (Phi) is 3.36. The summed E-state index contributed by atoms with van der Waals surface area (Å²) in [7, 11) is 0. The molecule has 3 aromatic rings.